The number of allylic oxidation sites excluding steroid dienone is 1. The lowest BCUT2D eigenvalue weighted by Gasteiger charge is -2.39. The van der Waals surface area contributed by atoms with Gasteiger partial charge < -0.3 is 18.9 Å². The van der Waals surface area contributed by atoms with Crippen LogP contribution in [0.2, 0.25) is 5.02 Å². The predicted molar refractivity (Wildman–Crippen MR) is 109 cm³/mol. The fraction of sp³-hybridized carbons (Fsp3) is 0.364. The van der Waals surface area contributed by atoms with Crippen LogP contribution in [0.4, 0.5) is 0 Å². The van der Waals surface area contributed by atoms with Gasteiger partial charge in [0.1, 0.15) is 11.6 Å². The number of benzene rings is 1. The molecule has 1 aromatic rings. The number of hydrogen-bond donors (Lipinski definition) is 1. The van der Waals surface area contributed by atoms with Gasteiger partial charge in [0.15, 0.2) is 11.4 Å². The minimum Gasteiger partial charge on any atom is -0.489 e. The molecule has 0 amide bonds. The van der Waals surface area contributed by atoms with Gasteiger partial charge in [-0.2, -0.15) is 0 Å². The fourth-order valence-corrected chi connectivity index (χ4v) is 4.96. The monoisotopic (exact) mass is 461 g/mol. The highest BCUT2D eigenvalue weighted by Crippen LogP contribution is 2.53. The summed E-state index contributed by atoms with van der Waals surface area (Å²) in [6.45, 7) is 0. The van der Waals surface area contributed by atoms with Gasteiger partial charge in [-0.25, -0.2) is 9.59 Å². The molecule has 0 bridgehead atoms. The lowest BCUT2D eigenvalue weighted by Crippen LogP contribution is -2.54. The maximum atomic E-state index is 13.1. The topological polar surface area (TPSA) is 117 Å². The minimum absolute atomic E-state index is 0.210. The Morgan fingerprint density at radius 3 is 2.38 bits per heavy atom. The first-order valence-electron chi connectivity index (χ1n) is 9.71. The second kappa shape index (κ2) is 8.07. The number of carbonyl (C=O) groups is 4. The van der Waals surface area contributed by atoms with Crippen molar-refractivity contribution in [2.24, 2.45) is 11.8 Å². The number of rotatable bonds is 4. The summed E-state index contributed by atoms with van der Waals surface area (Å²) >= 11 is 6.00. The molecule has 168 valence electrons. The van der Waals surface area contributed by atoms with E-state index in [2.05, 4.69) is 5.32 Å². The van der Waals surface area contributed by atoms with Crippen molar-refractivity contribution >= 4 is 35.3 Å². The molecular weight excluding hydrogens is 442 g/mol. The summed E-state index contributed by atoms with van der Waals surface area (Å²) in [5, 5.41) is 3.65. The Kier molecular flexibility index (Phi) is 5.56. The van der Waals surface area contributed by atoms with Gasteiger partial charge in [0, 0.05) is 17.0 Å². The van der Waals surface area contributed by atoms with Crippen LogP contribution in [0.3, 0.4) is 0 Å². The first kappa shape index (κ1) is 22.0. The highest BCUT2D eigenvalue weighted by Gasteiger charge is 2.67. The minimum atomic E-state index is -1.76. The van der Waals surface area contributed by atoms with E-state index in [1.54, 1.807) is 24.3 Å². The average molecular weight is 462 g/mol. The largest absolute Gasteiger partial charge is 0.489 e. The van der Waals surface area contributed by atoms with Gasteiger partial charge in [-0.1, -0.05) is 23.7 Å². The van der Waals surface area contributed by atoms with E-state index in [1.165, 1.54) is 26.4 Å². The number of methoxy groups -OCH3 is 3. The Morgan fingerprint density at radius 1 is 1.09 bits per heavy atom. The Hall–Kier alpha value is -3.17. The van der Waals surface area contributed by atoms with E-state index in [0.29, 0.717) is 10.6 Å². The standard InChI is InChI=1S/C22H20ClNO8/c1-29-18-15(19(26)30-2)22(32-21(18)28)9-8-12(25)13-14(22)17(20(27)31-3)24-16(13)10-4-6-11(23)7-5-10/h4-9,13-14,16-17,24H,1-3H3/t13?,14?,16-,17-,22+/m1/s1. The maximum Gasteiger partial charge on any atom is 0.375 e. The number of nitrogens with one attached hydrogen (secondary N) is 1. The van der Waals surface area contributed by atoms with Gasteiger partial charge in [0.25, 0.3) is 0 Å². The molecule has 2 unspecified atom stereocenters. The summed E-state index contributed by atoms with van der Waals surface area (Å²) < 4.78 is 20.7. The number of fused-ring (bicyclic) bond motifs is 2. The zero-order valence-corrected chi connectivity index (χ0v) is 18.2. The molecule has 1 fully saturated rings. The first-order chi connectivity index (χ1) is 15.3. The molecule has 10 heteroatoms. The van der Waals surface area contributed by atoms with Gasteiger partial charge in [-0.3, -0.25) is 14.9 Å². The number of carbonyl (C=O) groups excluding carboxylic acids is 4. The number of ketones is 1. The van der Waals surface area contributed by atoms with Gasteiger partial charge in [-0.15, -0.1) is 0 Å². The summed E-state index contributed by atoms with van der Waals surface area (Å²) in [5.74, 6) is -4.95. The lowest BCUT2D eigenvalue weighted by atomic mass is 9.66. The smallest absolute Gasteiger partial charge is 0.375 e. The highest BCUT2D eigenvalue weighted by molar-refractivity contribution is 6.30. The van der Waals surface area contributed by atoms with Crippen molar-refractivity contribution in [1.82, 2.24) is 5.32 Å². The van der Waals surface area contributed by atoms with Crippen LogP contribution in [0.15, 0.2) is 47.7 Å². The number of esters is 3. The summed E-state index contributed by atoms with van der Waals surface area (Å²) in [7, 11) is 3.57. The van der Waals surface area contributed by atoms with Crippen LogP contribution < -0.4 is 5.32 Å². The van der Waals surface area contributed by atoms with Crippen LogP contribution in [-0.2, 0) is 38.1 Å². The molecule has 32 heavy (non-hydrogen) atoms. The van der Waals surface area contributed by atoms with E-state index in [1.807, 2.05) is 0 Å². The third kappa shape index (κ3) is 3.11. The predicted octanol–water partition coefficient (Wildman–Crippen LogP) is 1.27. The Balaban J connectivity index is 1.92. The maximum absolute atomic E-state index is 13.1. The SMILES string of the molecule is COC(=O)C1=C(OC)C(=O)O[C@]12C=CC(=O)C1C2[C@H](C(=O)OC)N[C@@H]1c1ccc(Cl)cc1. The van der Waals surface area contributed by atoms with Crippen molar-refractivity contribution in [2.75, 3.05) is 21.3 Å². The molecular formula is C22H20ClNO8. The van der Waals surface area contributed by atoms with Crippen LogP contribution in [0.1, 0.15) is 11.6 Å². The average Bonchev–Trinajstić information content (AvgIpc) is 3.33. The third-order valence-electron chi connectivity index (χ3n) is 6.13. The van der Waals surface area contributed by atoms with Crippen molar-refractivity contribution in [1.29, 1.82) is 0 Å². The molecule has 2 aliphatic heterocycles. The van der Waals surface area contributed by atoms with Crippen molar-refractivity contribution in [3.63, 3.8) is 0 Å². The van der Waals surface area contributed by atoms with E-state index in [-0.39, 0.29) is 17.1 Å². The molecule has 9 nitrogen and oxygen atoms in total. The molecule has 1 N–H and O–H groups in total. The second-order valence-corrected chi connectivity index (χ2v) is 8.00. The number of halogens is 1. The Labute approximate surface area is 188 Å². The van der Waals surface area contributed by atoms with E-state index < -0.39 is 47.4 Å². The second-order valence-electron chi connectivity index (χ2n) is 7.57. The van der Waals surface area contributed by atoms with Crippen LogP contribution in [-0.4, -0.2) is 56.7 Å². The van der Waals surface area contributed by atoms with E-state index in [4.69, 9.17) is 30.5 Å². The van der Waals surface area contributed by atoms with Crippen LogP contribution in [0, 0.1) is 11.8 Å². The molecule has 1 saturated heterocycles. The summed E-state index contributed by atoms with van der Waals surface area (Å²) in [6.07, 6.45) is 2.56. The fourth-order valence-electron chi connectivity index (χ4n) is 4.84. The highest BCUT2D eigenvalue weighted by atomic mass is 35.5. The summed E-state index contributed by atoms with van der Waals surface area (Å²) in [5.41, 5.74) is -1.28. The normalized spacial score (nSPS) is 30.9. The Morgan fingerprint density at radius 2 is 1.78 bits per heavy atom. The molecule has 2 heterocycles. The van der Waals surface area contributed by atoms with Crippen molar-refractivity contribution in [3.8, 4) is 0 Å². The molecule has 5 atom stereocenters. The van der Waals surface area contributed by atoms with Gasteiger partial charge >= 0.3 is 17.9 Å². The quantitative estimate of drug-likeness (QED) is 0.522. The number of hydrogen-bond acceptors (Lipinski definition) is 9. The molecule has 0 radical (unpaired) electrons. The van der Waals surface area contributed by atoms with Crippen LogP contribution in [0.25, 0.3) is 0 Å². The van der Waals surface area contributed by atoms with Crippen LogP contribution >= 0.6 is 11.6 Å². The van der Waals surface area contributed by atoms with E-state index in [0.717, 1.165) is 7.11 Å². The van der Waals surface area contributed by atoms with Gasteiger partial charge in [0.2, 0.25) is 5.76 Å². The molecule has 1 aliphatic carbocycles. The zero-order valence-electron chi connectivity index (χ0n) is 17.4. The number of ether oxygens (including phenoxy) is 4. The molecule has 3 aliphatic rings. The third-order valence-corrected chi connectivity index (χ3v) is 6.38. The molecule has 4 rings (SSSR count). The molecule has 0 aromatic heterocycles. The van der Waals surface area contributed by atoms with Crippen molar-refractivity contribution in [2.45, 2.75) is 17.7 Å². The Bertz CT molecular complexity index is 1060. The van der Waals surface area contributed by atoms with E-state index >= 15 is 0 Å². The molecule has 0 saturated carbocycles. The van der Waals surface area contributed by atoms with Gasteiger partial charge in [0.05, 0.1) is 27.2 Å². The lowest BCUT2D eigenvalue weighted by molar-refractivity contribution is -0.159. The van der Waals surface area contributed by atoms with E-state index in [9.17, 15) is 19.2 Å². The molecule has 1 aromatic carbocycles. The summed E-state index contributed by atoms with van der Waals surface area (Å²) in [6, 6.07) is 5.07. The molecule has 1 spiro atoms. The first-order valence-corrected chi connectivity index (χ1v) is 10.1. The van der Waals surface area contributed by atoms with Crippen molar-refractivity contribution in [3.05, 3.63) is 58.3 Å². The van der Waals surface area contributed by atoms with Gasteiger partial charge in [-0.05, 0) is 29.8 Å². The zero-order chi connectivity index (χ0) is 23.2. The summed E-state index contributed by atoms with van der Waals surface area (Å²) in [4.78, 5) is 51.2. The van der Waals surface area contributed by atoms with Crippen molar-refractivity contribution < 1.29 is 38.1 Å². The van der Waals surface area contributed by atoms with Crippen LogP contribution in [0.5, 0.6) is 0 Å².